The van der Waals surface area contributed by atoms with Crippen molar-refractivity contribution in [2.75, 3.05) is 0 Å². The molecule has 0 aliphatic heterocycles. The standard InChI is InChI=1S/C21H21N3/c1-2-3-4-5-6-18-7-11-20(12-8-18)16-23-24-17-21-13-9-19(15-22)10-14-21/h3-4,7-14,16-17H,2,5-6H2,1H3. The molecular formula is C21H21N3. The summed E-state index contributed by atoms with van der Waals surface area (Å²) in [6.07, 6.45) is 11.1. The number of nitriles is 1. The van der Waals surface area contributed by atoms with Gasteiger partial charge in [0.25, 0.3) is 0 Å². The zero-order valence-electron chi connectivity index (χ0n) is 13.9. The number of rotatable bonds is 7. The minimum absolute atomic E-state index is 0.640. The SMILES string of the molecule is CCC=CCCc1ccc(C=NN=Cc2ccc(C#N)cc2)cc1. The average Bonchev–Trinajstić information content (AvgIpc) is 2.64. The number of nitrogens with zero attached hydrogens (tertiary/aromatic N) is 3. The van der Waals surface area contributed by atoms with Gasteiger partial charge in [-0.2, -0.15) is 15.5 Å². The van der Waals surface area contributed by atoms with E-state index in [0.717, 1.165) is 30.4 Å². The molecule has 0 saturated heterocycles. The molecule has 2 rings (SSSR count). The van der Waals surface area contributed by atoms with Gasteiger partial charge >= 0.3 is 0 Å². The monoisotopic (exact) mass is 315 g/mol. The van der Waals surface area contributed by atoms with Crippen LogP contribution in [0.25, 0.3) is 0 Å². The van der Waals surface area contributed by atoms with Gasteiger partial charge in [-0.3, -0.25) is 0 Å². The van der Waals surface area contributed by atoms with E-state index in [1.807, 2.05) is 12.1 Å². The van der Waals surface area contributed by atoms with Crippen molar-refractivity contribution in [2.45, 2.75) is 26.2 Å². The summed E-state index contributed by atoms with van der Waals surface area (Å²) in [5, 5.41) is 16.9. The highest BCUT2D eigenvalue weighted by Crippen LogP contribution is 2.06. The van der Waals surface area contributed by atoms with Crippen molar-refractivity contribution in [2.24, 2.45) is 10.2 Å². The first-order chi connectivity index (χ1) is 11.8. The van der Waals surface area contributed by atoms with Crippen LogP contribution in [-0.4, -0.2) is 12.4 Å². The predicted molar refractivity (Wildman–Crippen MR) is 101 cm³/mol. The summed E-state index contributed by atoms with van der Waals surface area (Å²) >= 11 is 0. The Bertz CT molecular complexity index is 745. The van der Waals surface area contributed by atoms with Gasteiger partial charge in [0.1, 0.15) is 0 Å². The average molecular weight is 315 g/mol. The molecule has 0 N–H and O–H groups in total. The molecule has 24 heavy (non-hydrogen) atoms. The first-order valence-corrected chi connectivity index (χ1v) is 8.12. The number of benzene rings is 2. The second-order valence-corrected chi connectivity index (χ2v) is 5.38. The Balaban J connectivity index is 1.86. The van der Waals surface area contributed by atoms with Crippen molar-refractivity contribution in [1.29, 1.82) is 5.26 Å². The molecule has 0 saturated carbocycles. The van der Waals surface area contributed by atoms with Crippen molar-refractivity contribution in [1.82, 2.24) is 0 Å². The highest BCUT2D eigenvalue weighted by Gasteiger charge is 1.92. The van der Waals surface area contributed by atoms with Crippen molar-refractivity contribution >= 4 is 12.4 Å². The fourth-order valence-corrected chi connectivity index (χ4v) is 2.15. The van der Waals surface area contributed by atoms with Gasteiger partial charge < -0.3 is 0 Å². The lowest BCUT2D eigenvalue weighted by atomic mass is 10.1. The van der Waals surface area contributed by atoms with Crippen molar-refractivity contribution in [3.05, 3.63) is 82.9 Å². The van der Waals surface area contributed by atoms with E-state index in [0.29, 0.717) is 5.56 Å². The molecule has 3 nitrogen and oxygen atoms in total. The van der Waals surface area contributed by atoms with Gasteiger partial charge in [-0.05, 0) is 48.1 Å². The van der Waals surface area contributed by atoms with E-state index in [-0.39, 0.29) is 0 Å². The molecule has 0 fully saturated rings. The van der Waals surface area contributed by atoms with E-state index in [1.165, 1.54) is 5.56 Å². The molecule has 2 aromatic rings. The summed E-state index contributed by atoms with van der Waals surface area (Å²) in [7, 11) is 0. The highest BCUT2D eigenvalue weighted by molar-refractivity contribution is 5.82. The van der Waals surface area contributed by atoms with Gasteiger partial charge in [0.2, 0.25) is 0 Å². The first-order valence-electron chi connectivity index (χ1n) is 8.12. The normalized spacial score (nSPS) is 11.5. The first kappa shape index (κ1) is 17.4. The number of hydrogen-bond acceptors (Lipinski definition) is 3. The van der Waals surface area contributed by atoms with Gasteiger partial charge in [0.15, 0.2) is 0 Å². The largest absolute Gasteiger partial charge is 0.192 e. The van der Waals surface area contributed by atoms with Gasteiger partial charge in [0, 0.05) is 0 Å². The summed E-state index contributed by atoms with van der Waals surface area (Å²) in [6, 6.07) is 17.7. The van der Waals surface area contributed by atoms with Crippen LogP contribution in [0.3, 0.4) is 0 Å². The van der Waals surface area contributed by atoms with Crippen molar-refractivity contribution in [3.63, 3.8) is 0 Å². The zero-order valence-corrected chi connectivity index (χ0v) is 13.9. The van der Waals surface area contributed by atoms with Crippen LogP contribution < -0.4 is 0 Å². The van der Waals surface area contributed by atoms with Crippen LogP contribution in [0.4, 0.5) is 0 Å². The van der Waals surface area contributed by atoms with Crippen LogP contribution in [0.15, 0.2) is 70.9 Å². The number of hydrogen-bond donors (Lipinski definition) is 0. The Morgan fingerprint density at radius 3 is 2.00 bits per heavy atom. The molecule has 0 atom stereocenters. The summed E-state index contributed by atoms with van der Waals surface area (Å²) < 4.78 is 0. The van der Waals surface area contributed by atoms with Crippen molar-refractivity contribution < 1.29 is 0 Å². The molecule has 0 spiro atoms. The molecule has 0 heterocycles. The minimum Gasteiger partial charge on any atom is -0.192 e. The number of aryl methyl sites for hydroxylation is 1. The summed E-state index contributed by atoms with van der Waals surface area (Å²) in [6.45, 7) is 2.15. The van der Waals surface area contributed by atoms with Gasteiger partial charge in [-0.1, -0.05) is 55.5 Å². The maximum Gasteiger partial charge on any atom is 0.0991 e. The second-order valence-electron chi connectivity index (χ2n) is 5.38. The van der Waals surface area contributed by atoms with Crippen LogP contribution in [-0.2, 0) is 6.42 Å². The molecular weight excluding hydrogens is 294 g/mol. The second kappa shape index (κ2) is 9.91. The molecule has 0 amide bonds. The van der Waals surface area contributed by atoms with Gasteiger partial charge in [0.05, 0.1) is 24.1 Å². The van der Waals surface area contributed by atoms with E-state index in [4.69, 9.17) is 5.26 Å². The Hall–Kier alpha value is -2.99. The van der Waals surface area contributed by atoms with Crippen LogP contribution in [0.5, 0.6) is 0 Å². The molecule has 2 aromatic carbocycles. The predicted octanol–water partition coefficient (Wildman–Crippen LogP) is 4.91. The van der Waals surface area contributed by atoms with E-state index in [2.05, 4.69) is 59.6 Å². The Morgan fingerprint density at radius 1 is 0.875 bits per heavy atom. The fraction of sp³-hybridized carbons (Fsp3) is 0.190. The molecule has 0 aromatic heterocycles. The summed E-state index contributed by atoms with van der Waals surface area (Å²) in [5.74, 6) is 0. The van der Waals surface area contributed by atoms with Crippen LogP contribution in [0, 0.1) is 11.3 Å². The maximum absolute atomic E-state index is 8.75. The lowest BCUT2D eigenvalue weighted by Gasteiger charge is -1.99. The van der Waals surface area contributed by atoms with Crippen LogP contribution >= 0.6 is 0 Å². The lowest BCUT2D eigenvalue weighted by Crippen LogP contribution is -1.86. The van der Waals surface area contributed by atoms with Crippen molar-refractivity contribution in [3.8, 4) is 6.07 Å². The van der Waals surface area contributed by atoms with Crippen LogP contribution in [0.1, 0.15) is 42.0 Å². The molecule has 3 heteroatoms. The zero-order chi connectivity index (χ0) is 17.0. The number of allylic oxidation sites excluding steroid dienone is 2. The van der Waals surface area contributed by atoms with E-state index in [9.17, 15) is 0 Å². The molecule has 120 valence electrons. The Labute approximate surface area is 143 Å². The molecule has 0 unspecified atom stereocenters. The molecule has 0 aliphatic carbocycles. The van der Waals surface area contributed by atoms with Gasteiger partial charge in [-0.25, -0.2) is 0 Å². The van der Waals surface area contributed by atoms with E-state index >= 15 is 0 Å². The van der Waals surface area contributed by atoms with Gasteiger partial charge in [-0.15, -0.1) is 0 Å². The summed E-state index contributed by atoms with van der Waals surface area (Å²) in [5.41, 5.74) is 3.91. The Kier molecular flexibility index (Phi) is 7.17. The van der Waals surface area contributed by atoms with E-state index in [1.54, 1.807) is 24.6 Å². The lowest BCUT2D eigenvalue weighted by molar-refractivity contribution is 0.992. The molecule has 0 bridgehead atoms. The molecule has 0 aliphatic rings. The maximum atomic E-state index is 8.75. The smallest absolute Gasteiger partial charge is 0.0991 e. The Morgan fingerprint density at radius 2 is 1.46 bits per heavy atom. The van der Waals surface area contributed by atoms with Crippen LogP contribution in [0.2, 0.25) is 0 Å². The minimum atomic E-state index is 0.640. The molecule has 0 radical (unpaired) electrons. The third-order valence-electron chi connectivity index (χ3n) is 3.50. The third-order valence-corrected chi connectivity index (χ3v) is 3.50. The third kappa shape index (κ3) is 6.02. The summed E-state index contributed by atoms with van der Waals surface area (Å²) in [4.78, 5) is 0. The van der Waals surface area contributed by atoms with E-state index < -0.39 is 0 Å². The highest BCUT2D eigenvalue weighted by atomic mass is 15.2. The fourth-order valence-electron chi connectivity index (χ4n) is 2.15. The topological polar surface area (TPSA) is 48.5 Å². The quantitative estimate of drug-likeness (QED) is 0.407.